The fraction of sp³-hybridized carbons (Fsp3) is 1.00. The number of nitrogens with one attached hydrogen (secondary N) is 1. The number of fused-ring (bicyclic) bond motifs is 1. The van der Waals surface area contributed by atoms with Gasteiger partial charge in [-0.1, -0.05) is 33.6 Å². The fourth-order valence-electron chi connectivity index (χ4n) is 4.66. The Morgan fingerprint density at radius 1 is 1.06 bits per heavy atom. The highest BCUT2D eigenvalue weighted by molar-refractivity contribution is 5.11. The van der Waals surface area contributed by atoms with Crippen LogP contribution in [0.15, 0.2) is 0 Å². The van der Waals surface area contributed by atoms with Crippen molar-refractivity contribution in [2.75, 3.05) is 6.61 Å². The van der Waals surface area contributed by atoms with E-state index in [1.807, 2.05) is 0 Å². The summed E-state index contributed by atoms with van der Waals surface area (Å²) < 4.78 is 6.00. The van der Waals surface area contributed by atoms with Crippen molar-refractivity contribution in [3.8, 4) is 0 Å². The van der Waals surface area contributed by atoms with E-state index in [0.717, 1.165) is 24.5 Å². The zero-order chi connectivity index (χ0) is 12.8. The SMILES string of the molecule is CC1CCCCC1NC1C2CCCOC2C1(C)C. The van der Waals surface area contributed by atoms with Crippen LogP contribution in [-0.4, -0.2) is 24.8 Å². The van der Waals surface area contributed by atoms with Crippen molar-refractivity contribution in [3.05, 3.63) is 0 Å². The molecular formula is C16H29NO. The first-order valence-corrected chi connectivity index (χ1v) is 7.98. The van der Waals surface area contributed by atoms with Gasteiger partial charge in [0.2, 0.25) is 0 Å². The molecule has 0 aromatic heterocycles. The molecule has 5 unspecified atom stereocenters. The van der Waals surface area contributed by atoms with Crippen LogP contribution >= 0.6 is 0 Å². The molecular weight excluding hydrogens is 222 g/mol. The Morgan fingerprint density at radius 2 is 1.83 bits per heavy atom. The fourth-order valence-corrected chi connectivity index (χ4v) is 4.66. The summed E-state index contributed by atoms with van der Waals surface area (Å²) in [7, 11) is 0. The highest BCUT2D eigenvalue weighted by Gasteiger charge is 2.58. The maximum Gasteiger partial charge on any atom is 0.0684 e. The van der Waals surface area contributed by atoms with Crippen molar-refractivity contribution in [3.63, 3.8) is 0 Å². The lowest BCUT2D eigenvalue weighted by Gasteiger charge is -2.61. The summed E-state index contributed by atoms with van der Waals surface area (Å²) >= 11 is 0. The molecule has 0 bridgehead atoms. The van der Waals surface area contributed by atoms with E-state index in [2.05, 4.69) is 26.1 Å². The lowest BCUT2D eigenvalue weighted by molar-refractivity contribution is -0.195. The van der Waals surface area contributed by atoms with Crippen LogP contribution in [0.5, 0.6) is 0 Å². The van der Waals surface area contributed by atoms with Crippen LogP contribution in [0.2, 0.25) is 0 Å². The molecule has 2 aliphatic carbocycles. The standard InChI is InChI=1S/C16H29NO/c1-11-7-4-5-9-13(11)17-14-12-8-6-10-18-15(12)16(14,2)3/h11-15,17H,4-10H2,1-3H3. The largest absolute Gasteiger partial charge is 0.377 e. The first-order chi connectivity index (χ1) is 8.60. The zero-order valence-corrected chi connectivity index (χ0v) is 12.2. The van der Waals surface area contributed by atoms with Gasteiger partial charge in [-0.15, -0.1) is 0 Å². The summed E-state index contributed by atoms with van der Waals surface area (Å²) in [6.45, 7) is 8.20. The van der Waals surface area contributed by atoms with Crippen LogP contribution in [0.1, 0.15) is 59.3 Å². The third kappa shape index (κ3) is 2.02. The van der Waals surface area contributed by atoms with Gasteiger partial charge in [0.25, 0.3) is 0 Å². The van der Waals surface area contributed by atoms with E-state index >= 15 is 0 Å². The second-order valence-corrected chi connectivity index (χ2v) is 7.43. The predicted molar refractivity (Wildman–Crippen MR) is 74.6 cm³/mol. The second kappa shape index (κ2) is 4.79. The molecule has 18 heavy (non-hydrogen) atoms. The van der Waals surface area contributed by atoms with E-state index in [4.69, 9.17) is 4.74 Å². The van der Waals surface area contributed by atoms with Crippen molar-refractivity contribution in [1.82, 2.24) is 5.32 Å². The Labute approximate surface area is 112 Å². The molecule has 1 saturated heterocycles. The van der Waals surface area contributed by atoms with Crippen molar-refractivity contribution >= 4 is 0 Å². The quantitative estimate of drug-likeness (QED) is 0.812. The average Bonchev–Trinajstić information content (AvgIpc) is 2.38. The molecule has 0 amide bonds. The second-order valence-electron chi connectivity index (χ2n) is 7.43. The molecule has 1 aliphatic heterocycles. The van der Waals surface area contributed by atoms with Crippen molar-refractivity contribution in [1.29, 1.82) is 0 Å². The minimum atomic E-state index is 0.336. The molecule has 2 saturated carbocycles. The smallest absolute Gasteiger partial charge is 0.0684 e. The Morgan fingerprint density at radius 3 is 2.61 bits per heavy atom. The molecule has 3 aliphatic rings. The highest BCUT2D eigenvalue weighted by atomic mass is 16.5. The van der Waals surface area contributed by atoms with Crippen LogP contribution in [0, 0.1) is 17.3 Å². The summed E-state index contributed by atoms with van der Waals surface area (Å²) in [5.74, 6) is 1.64. The number of rotatable bonds is 2. The normalized spacial score (nSPS) is 47.2. The molecule has 3 rings (SSSR count). The summed E-state index contributed by atoms with van der Waals surface area (Å²) in [5, 5.41) is 4.01. The van der Waals surface area contributed by atoms with E-state index in [1.54, 1.807) is 0 Å². The summed E-state index contributed by atoms with van der Waals surface area (Å²) in [5.41, 5.74) is 0.336. The van der Waals surface area contributed by atoms with Gasteiger partial charge in [0.1, 0.15) is 0 Å². The Hall–Kier alpha value is -0.0800. The molecule has 2 heteroatoms. The number of hydrogen-bond acceptors (Lipinski definition) is 2. The minimum Gasteiger partial charge on any atom is -0.377 e. The van der Waals surface area contributed by atoms with Gasteiger partial charge < -0.3 is 10.1 Å². The van der Waals surface area contributed by atoms with Crippen molar-refractivity contribution < 1.29 is 4.74 Å². The molecule has 1 heterocycles. The molecule has 0 aromatic carbocycles. The van der Waals surface area contributed by atoms with E-state index < -0.39 is 0 Å². The Bertz CT molecular complexity index is 301. The van der Waals surface area contributed by atoms with E-state index in [-0.39, 0.29) is 0 Å². The van der Waals surface area contributed by atoms with E-state index in [1.165, 1.54) is 38.5 Å². The maximum absolute atomic E-state index is 6.00. The average molecular weight is 251 g/mol. The zero-order valence-electron chi connectivity index (χ0n) is 12.2. The third-order valence-corrected chi connectivity index (χ3v) is 5.84. The number of hydrogen-bond donors (Lipinski definition) is 1. The molecule has 0 aromatic rings. The Balaban J connectivity index is 1.64. The number of ether oxygens (including phenoxy) is 1. The molecule has 3 fully saturated rings. The summed E-state index contributed by atoms with van der Waals surface area (Å²) in [4.78, 5) is 0. The Kier molecular flexibility index (Phi) is 3.44. The molecule has 0 spiro atoms. The van der Waals surface area contributed by atoms with Gasteiger partial charge in [-0.25, -0.2) is 0 Å². The topological polar surface area (TPSA) is 21.3 Å². The summed E-state index contributed by atoms with van der Waals surface area (Å²) in [6, 6.07) is 1.44. The third-order valence-electron chi connectivity index (χ3n) is 5.84. The predicted octanol–water partition coefficient (Wildman–Crippen LogP) is 3.36. The maximum atomic E-state index is 6.00. The first kappa shape index (κ1) is 12.9. The molecule has 5 atom stereocenters. The van der Waals surface area contributed by atoms with Crippen LogP contribution in [0.4, 0.5) is 0 Å². The van der Waals surface area contributed by atoms with E-state index in [9.17, 15) is 0 Å². The van der Waals surface area contributed by atoms with Crippen molar-refractivity contribution in [2.24, 2.45) is 17.3 Å². The van der Waals surface area contributed by atoms with Gasteiger partial charge in [-0.2, -0.15) is 0 Å². The monoisotopic (exact) mass is 251 g/mol. The highest BCUT2D eigenvalue weighted by Crippen LogP contribution is 2.51. The summed E-state index contributed by atoms with van der Waals surface area (Å²) in [6.07, 6.45) is 8.79. The molecule has 1 N–H and O–H groups in total. The molecule has 104 valence electrons. The van der Waals surface area contributed by atoms with Gasteiger partial charge in [0.05, 0.1) is 6.10 Å². The van der Waals surface area contributed by atoms with Crippen molar-refractivity contribution in [2.45, 2.75) is 77.5 Å². The van der Waals surface area contributed by atoms with Gasteiger partial charge in [-0.3, -0.25) is 0 Å². The van der Waals surface area contributed by atoms with Crippen LogP contribution in [0.3, 0.4) is 0 Å². The lowest BCUT2D eigenvalue weighted by atomic mass is 9.55. The minimum absolute atomic E-state index is 0.336. The van der Waals surface area contributed by atoms with Gasteiger partial charge in [0, 0.05) is 30.0 Å². The molecule has 0 radical (unpaired) electrons. The van der Waals surface area contributed by atoms with Crippen LogP contribution in [-0.2, 0) is 4.74 Å². The van der Waals surface area contributed by atoms with E-state index in [0.29, 0.717) is 17.6 Å². The van der Waals surface area contributed by atoms with Gasteiger partial charge in [0.15, 0.2) is 0 Å². The van der Waals surface area contributed by atoms with Crippen LogP contribution in [0.25, 0.3) is 0 Å². The first-order valence-electron chi connectivity index (χ1n) is 7.98. The van der Waals surface area contributed by atoms with Crippen LogP contribution < -0.4 is 5.32 Å². The van der Waals surface area contributed by atoms with Gasteiger partial charge in [-0.05, 0) is 31.6 Å². The lowest BCUT2D eigenvalue weighted by Crippen LogP contribution is -2.71. The van der Waals surface area contributed by atoms with Gasteiger partial charge >= 0.3 is 0 Å². The molecule has 2 nitrogen and oxygen atoms in total.